The van der Waals surface area contributed by atoms with Crippen LogP contribution < -0.4 is 0 Å². The molecule has 0 spiro atoms. The highest BCUT2D eigenvalue weighted by Crippen LogP contribution is 2.24. The van der Waals surface area contributed by atoms with Crippen molar-refractivity contribution in [2.75, 3.05) is 7.05 Å². The second-order valence-electron chi connectivity index (χ2n) is 4.96. The Kier molecular flexibility index (Phi) is 5.20. The molecule has 0 amide bonds. The molecular formula is C15H14ClN3O4S. The second kappa shape index (κ2) is 6.98. The molecule has 9 heteroatoms. The van der Waals surface area contributed by atoms with Crippen molar-refractivity contribution in [1.29, 1.82) is 0 Å². The van der Waals surface area contributed by atoms with Gasteiger partial charge < -0.3 is 0 Å². The Morgan fingerprint density at radius 3 is 2.42 bits per heavy atom. The molecule has 0 heterocycles. The summed E-state index contributed by atoms with van der Waals surface area (Å²) in [6, 6.07) is 10.4. The van der Waals surface area contributed by atoms with Crippen LogP contribution in [0.1, 0.15) is 11.1 Å². The van der Waals surface area contributed by atoms with E-state index in [0.29, 0.717) is 5.56 Å². The van der Waals surface area contributed by atoms with Gasteiger partial charge >= 0.3 is 0 Å². The first kappa shape index (κ1) is 17.9. The van der Waals surface area contributed by atoms with E-state index in [2.05, 4.69) is 5.10 Å². The Balaban J connectivity index is 2.27. The van der Waals surface area contributed by atoms with Gasteiger partial charge in [0.15, 0.2) is 0 Å². The molecule has 0 aromatic heterocycles. The number of hydrogen-bond acceptors (Lipinski definition) is 5. The van der Waals surface area contributed by atoms with E-state index in [1.165, 1.54) is 43.6 Å². The fourth-order valence-corrected chi connectivity index (χ4v) is 2.97. The summed E-state index contributed by atoms with van der Waals surface area (Å²) in [5.74, 6) is 0. The number of aryl methyl sites for hydroxylation is 1. The lowest BCUT2D eigenvalue weighted by Gasteiger charge is -2.13. The van der Waals surface area contributed by atoms with Crippen molar-refractivity contribution >= 4 is 33.5 Å². The predicted molar refractivity (Wildman–Crippen MR) is 91.8 cm³/mol. The van der Waals surface area contributed by atoms with Crippen LogP contribution in [0, 0.1) is 17.0 Å². The first-order chi connectivity index (χ1) is 11.2. The zero-order valence-electron chi connectivity index (χ0n) is 12.9. The van der Waals surface area contributed by atoms with Gasteiger partial charge in [-0.05, 0) is 25.1 Å². The summed E-state index contributed by atoms with van der Waals surface area (Å²) < 4.78 is 25.6. The molecule has 0 bridgehead atoms. The van der Waals surface area contributed by atoms with Crippen LogP contribution >= 0.6 is 11.6 Å². The molecular weight excluding hydrogens is 354 g/mol. The van der Waals surface area contributed by atoms with Gasteiger partial charge in [-0.25, -0.2) is 0 Å². The maximum Gasteiger partial charge on any atom is 0.288 e. The molecule has 0 aliphatic carbocycles. The van der Waals surface area contributed by atoms with Crippen LogP contribution in [0.2, 0.25) is 5.02 Å². The molecule has 0 aliphatic rings. The van der Waals surface area contributed by atoms with Crippen molar-refractivity contribution in [1.82, 2.24) is 4.41 Å². The van der Waals surface area contributed by atoms with Gasteiger partial charge in [0.25, 0.3) is 15.7 Å². The molecule has 0 N–H and O–H groups in total. The number of hydrogen-bond donors (Lipinski definition) is 0. The minimum absolute atomic E-state index is 0.00205. The molecule has 0 unspecified atom stereocenters. The van der Waals surface area contributed by atoms with Crippen molar-refractivity contribution in [3.8, 4) is 0 Å². The largest absolute Gasteiger partial charge is 0.288 e. The van der Waals surface area contributed by atoms with Crippen molar-refractivity contribution < 1.29 is 13.3 Å². The molecule has 126 valence electrons. The standard InChI is InChI=1S/C15H14ClN3O4S/c1-11-3-6-13(7-4-11)24(22,23)18(2)17-10-12-5-8-14(16)15(9-12)19(20)21/h3-10H,1-2H3. The van der Waals surface area contributed by atoms with Crippen LogP contribution in [0.25, 0.3) is 0 Å². The van der Waals surface area contributed by atoms with E-state index in [1.54, 1.807) is 12.1 Å². The molecule has 0 saturated carbocycles. The molecule has 24 heavy (non-hydrogen) atoms. The summed E-state index contributed by atoms with van der Waals surface area (Å²) in [6.07, 6.45) is 1.22. The maximum atomic E-state index is 12.4. The number of hydrazone groups is 1. The van der Waals surface area contributed by atoms with Crippen molar-refractivity contribution in [2.45, 2.75) is 11.8 Å². The van der Waals surface area contributed by atoms with Crippen molar-refractivity contribution in [2.24, 2.45) is 5.10 Å². The van der Waals surface area contributed by atoms with Crippen LogP contribution in [-0.4, -0.2) is 31.0 Å². The van der Waals surface area contributed by atoms with E-state index >= 15 is 0 Å². The highest BCUT2D eigenvalue weighted by atomic mass is 35.5. The highest BCUT2D eigenvalue weighted by Gasteiger charge is 2.19. The lowest BCUT2D eigenvalue weighted by molar-refractivity contribution is -0.384. The van der Waals surface area contributed by atoms with Crippen molar-refractivity contribution in [3.05, 3.63) is 68.7 Å². The van der Waals surface area contributed by atoms with Crippen LogP contribution in [0.15, 0.2) is 52.5 Å². The number of sulfonamides is 1. The smallest absolute Gasteiger partial charge is 0.258 e. The Labute approximate surface area is 144 Å². The van der Waals surface area contributed by atoms with Crippen LogP contribution in [0.5, 0.6) is 0 Å². The highest BCUT2D eigenvalue weighted by molar-refractivity contribution is 7.89. The average molecular weight is 368 g/mol. The Morgan fingerprint density at radius 1 is 1.21 bits per heavy atom. The molecule has 0 fully saturated rings. The predicted octanol–water partition coefficient (Wildman–Crippen LogP) is 3.21. The van der Waals surface area contributed by atoms with Crippen molar-refractivity contribution in [3.63, 3.8) is 0 Å². The van der Waals surface area contributed by atoms with Gasteiger partial charge in [-0.2, -0.15) is 17.9 Å². The summed E-state index contributed by atoms with van der Waals surface area (Å²) in [5, 5.41) is 14.7. The average Bonchev–Trinajstić information content (AvgIpc) is 2.53. The molecule has 2 aromatic rings. The van der Waals surface area contributed by atoms with Gasteiger partial charge in [0.05, 0.1) is 16.0 Å². The summed E-state index contributed by atoms with van der Waals surface area (Å²) >= 11 is 5.73. The molecule has 0 aliphatic heterocycles. The zero-order valence-corrected chi connectivity index (χ0v) is 14.5. The van der Waals surface area contributed by atoms with E-state index in [-0.39, 0.29) is 15.6 Å². The number of rotatable bonds is 5. The van der Waals surface area contributed by atoms with Gasteiger partial charge in [0.2, 0.25) is 0 Å². The minimum Gasteiger partial charge on any atom is -0.258 e. The third-order valence-electron chi connectivity index (χ3n) is 3.20. The first-order valence-corrected chi connectivity index (χ1v) is 8.57. The minimum atomic E-state index is -3.79. The summed E-state index contributed by atoms with van der Waals surface area (Å²) in [5.41, 5.74) is 1.02. The van der Waals surface area contributed by atoms with Gasteiger partial charge in [-0.15, -0.1) is 0 Å². The second-order valence-corrected chi connectivity index (χ2v) is 7.32. The number of nitro benzene ring substituents is 1. The first-order valence-electron chi connectivity index (χ1n) is 6.75. The van der Waals surface area contributed by atoms with Crippen LogP contribution in [0.4, 0.5) is 5.69 Å². The number of nitrogens with zero attached hydrogens (tertiary/aromatic N) is 3. The Bertz CT molecular complexity index is 895. The van der Waals surface area contributed by atoms with Gasteiger partial charge in [-0.1, -0.05) is 35.4 Å². The molecule has 0 radical (unpaired) electrons. The Hall–Kier alpha value is -2.45. The van der Waals surface area contributed by atoms with Gasteiger partial charge in [0.1, 0.15) is 5.02 Å². The lowest BCUT2D eigenvalue weighted by atomic mass is 10.2. The van der Waals surface area contributed by atoms with Crippen LogP contribution in [-0.2, 0) is 10.0 Å². The number of benzene rings is 2. The lowest BCUT2D eigenvalue weighted by Crippen LogP contribution is -2.21. The number of nitro groups is 1. The fraction of sp³-hybridized carbons (Fsp3) is 0.133. The monoisotopic (exact) mass is 367 g/mol. The molecule has 0 saturated heterocycles. The molecule has 7 nitrogen and oxygen atoms in total. The summed E-state index contributed by atoms with van der Waals surface area (Å²) in [7, 11) is -2.50. The Morgan fingerprint density at radius 2 is 1.83 bits per heavy atom. The molecule has 2 aromatic carbocycles. The van der Waals surface area contributed by atoms with E-state index < -0.39 is 14.9 Å². The van der Waals surface area contributed by atoms with E-state index in [4.69, 9.17) is 11.6 Å². The quantitative estimate of drug-likeness (QED) is 0.460. The van der Waals surface area contributed by atoms with E-state index in [9.17, 15) is 18.5 Å². The van der Waals surface area contributed by atoms with E-state index in [0.717, 1.165) is 9.98 Å². The third kappa shape index (κ3) is 3.90. The van der Waals surface area contributed by atoms with Gasteiger partial charge in [0, 0.05) is 18.7 Å². The topological polar surface area (TPSA) is 92.9 Å². The SMILES string of the molecule is Cc1ccc(S(=O)(=O)N(C)N=Cc2ccc(Cl)c([N+](=O)[O-])c2)cc1. The third-order valence-corrected chi connectivity index (χ3v) is 5.18. The van der Waals surface area contributed by atoms with E-state index in [1.807, 2.05) is 6.92 Å². The normalized spacial score (nSPS) is 11.6. The summed E-state index contributed by atoms with van der Waals surface area (Å²) in [4.78, 5) is 10.3. The van der Waals surface area contributed by atoms with Crippen LogP contribution in [0.3, 0.4) is 0 Å². The fourth-order valence-electron chi connectivity index (χ4n) is 1.82. The maximum absolute atomic E-state index is 12.4. The molecule has 0 atom stereocenters. The molecule has 2 rings (SSSR count). The van der Waals surface area contributed by atoms with Gasteiger partial charge in [-0.3, -0.25) is 10.1 Å². The number of halogens is 1. The zero-order chi connectivity index (χ0) is 17.9. The summed E-state index contributed by atoms with van der Waals surface area (Å²) in [6.45, 7) is 1.85.